The van der Waals surface area contributed by atoms with Gasteiger partial charge in [-0.1, -0.05) is 24.4 Å². The standard InChI is InChI=1S/C22H21ClFN5O2/c1-22(21(30)31-2)6-4-3-5-17(22)29-11-16(23)15-10-27-19(28-20(15)29)14-9-26-18-13(14)7-12(24)8-25-18/h7-11,17H,3-6H2,1-2H3,(H,25,26)/t17-,22+/m1/s1. The van der Waals surface area contributed by atoms with Crippen molar-refractivity contribution < 1.29 is 13.9 Å². The fourth-order valence-corrected chi connectivity index (χ4v) is 4.99. The zero-order chi connectivity index (χ0) is 21.8. The van der Waals surface area contributed by atoms with Crippen LogP contribution in [0.25, 0.3) is 33.5 Å². The van der Waals surface area contributed by atoms with Gasteiger partial charge in [0.25, 0.3) is 0 Å². The summed E-state index contributed by atoms with van der Waals surface area (Å²) in [6, 6.07) is 1.26. The molecule has 4 heterocycles. The Kier molecular flexibility index (Phi) is 4.69. The van der Waals surface area contributed by atoms with Crippen molar-refractivity contribution in [3.05, 3.63) is 41.7 Å². The Balaban J connectivity index is 1.68. The van der Waals surface area contributed by atoms with Crippen molar-refractivity contribution >= 4 is 39.6 Å². The number of carbonyl (C=O) groups is 1. The summed E-state index contributed by atoms with van der Waals surface area (Å²) in [5.41, 5.74) is 1.16. The summed E-state index contributed by atoms with van der Waals surface area (Å²) in [5.74, 6) is -0.239. The number of halogens is 2. The molecule has 0 amide bonds. The molecule has 1 fully saturated rings. The number of hydrogen-bond donors (Lipinski definition) is 1. The third kappa shape index (κ3) is 3.08. The molecule has 0 aromatic carbocycles. The van der Waals surface area contributed by atoms with E-state index in [0.717, 1.165) is 31.9 Å². The molecule has 1 aliphatic carbocycles. The van der Waals surface area contributed by atoms with Gasteiger partial charge in [-0.25, -0.2) is 19.3 Å². The molecule has 9 heteroatoms. The molecule has 7 nitrogen and oxygen atoms in total. The number of aromatic amines is 1. The molecule has 0 spiro atoms. The van der Waals surface area contributed by atoms with E-state index < -0.39 is 11.2 Å². The maximum atomic E-state index is 13.8. The maximum absolute atomic E-state index is 13.8. The number of methoxy groups -OCH3 is 1. The van der Waals surface area contributed by atoms with E-state index in [1.807, 2.05) is 17.7 Å². The molecule has 0 saturated heterocycles. The lowest BCUT2D eigenvalue weighted by Gasteiger charge is -2.39. The van der Waals surface area contributed by atoms with Gasteiger partial charge in [0.05, 0.1) is 35.2 Å². The van der Waals surface area contributed by atoms with Gasteiger partial charge in [-0.05, 0) is 25.8 Å². The second-order valence-electron chi connectivity index (χ2n) is 8.24. The van der Waals surface area contributed by atoms with Crippen LogP contribution in [0.3, 0.4) is 0 Å². The summed E-state index contributed by atoms with van der Waals surface area (Å²) in [6.45, 7) is 1.94. The maximum Gasteiger partial charge on any atom is 0.313 e. The zero-order valence-electron chi connectivity index (χ0n) is 17.2. The first-order chi connectivity index (χ1) is 14.9. The molecule has 2 atom stereocenters. The first-order valence-electron chi connectivity index (χ1n) is 10.2. The lowest BCUT2D eigenvalue weighted by atomic mass is 9.71. The predicted molar refractivity (Wildman–Crippen MR) is 115 cm³/mol. The molecule has 0 aliphatic heterocycles. The highest BCUT2D eigenvalue weighted by molar-refractivity contribution is 6.35. The molecule has 1 aliphatic rings. The van der Waals surface area contributed by atoms with Crippen LogP contribution in [0.1, 0.15) is 38.6 Å². The highest BCUT2D eigenvalue weighted by Gasteiger charge is 2.45. The number of nitrogens with zero attached hydrogens (tertiary/aromatic N) is 4. The fourth-order valence-electron chi connectivity index (χ4n) is 4.75. The Morgan fingerprint density at radius 1 is 1.32 bits per heavy atom. The molecule has 4 aromatic rings. The Bertz CT molecular complexity index is 1320. The van der Waals surface area contributed by atoms with Gasteiger partial charge in [-0.2, -0.15) is 0 Å². The second kappa shape index (κ2) is 7.30. The smallest absolute Gasteiger partial charge is 0.313 e. The Labute approximate surface area is 182 Å². The molecule has 1 N–H and O–H groups in total. The summed E-state index contributed by atoms with van der Waals surface area (Å²) in [7, 11) is 1.42. The SMILES string of the molecule is COC(=O)[C@@]1(C)CCCC[C@H]1n1cc(Cl)c2cnc(-c3c[nH]c4ncc(F)cc34)nc21. The normalized spacial score (nSPS) is 21.6. The minimum atomic E-state index is -0.679. The fraction of sp³-hybridized carbons (Fsp3) is 0.364. The van der Waals surface area contributed by atoms with Gasteiger partial charge in [-0.15, -0.1) is 0 Å². The van der Waals surface area contributed by atoms with Gasteiger partial charge in [0.1, 0.15) is 17.1 Å². The lowest BCUT2D eigenvalue weighted by Crippen LogP contribution is -2.40. The van der Waals surface area contributed by atoms with Crippen molar-refractivity contribution in [2.24, 2.45) is 5.41 Å². The molecule has 0 bridgehead atoms. The summed E-state index contributed by atoms with van der Waals surface area (Å²) >= 11 is 6.51. The second-order valence-corrected chi connectivity index (χ2v) is 8.65. The van der Waals surface area contributed by atoms with Crippen molar-refractivity contribution in [2.75, 3.05) is 7.11 Å². The van der Waals surface area contributed by atoms with Crippen LogP contribution in [0.2, 0.25) is 5.02 Å². The van der Waals surface area contributed by atoms with E-state index in [-0.39, 0.29) is 12.0 Å². The average molecular weight is 442 g/mol. The largest absolute Gasteiger partial charge is 0.469 e. The van der Waals surface area contributed by atoms with Gasteiger partial charge in [0.2, 0.25) is 0 Å². The number of H-pyrrole nitrogens is 1. The highest BCUT2D eigenvalue weighted by atomic mass is 35.5. The molecule has 5 rings (SSSR count). The van der Waals surface area contributed by atoms with E-state index in [0.29, 0.717) is 38.5 Å². The molecule has 1 saturated carbocycles. The number of rotatable bonds is 3. The number of ether oxygens (including phenoxy) is 1. The Hall–Kier alpha value is -3.00. The Morgan fingerprint density at radius 2 is 2.16 bits per heavy atom. The van der Waals surface area contributed by atoms with E-state index >= 15 is 0 Å². The number of nitrogens with one attached hydrogen (secondary N) is 1. The average Bonchev–Trinajstić information content (AvgIpc) is 3.33. The molecule has 31 heavy (non-hydrogen) atoms. The molecule has 0 unspecified atom stereocenters. The number of aromatic nitrogens is 5. The van der Waals surface area contributed by atoms with Crippen LogP contribution in [-0.4, -0.2) is 37.6 Å². The number of hydrogen-bond acceptors (Lipinski definition) is 5. The first kappa shape index (κ1) is 19.9. The third-order valence-electron chi connectivity index (χ3n) is 6.41. The topological polar surface area (TPSA) is 85.7 Å². The number of esters is 1. The molecule has 0 radical (unpaired) electrons. The van der Waals surface area contributed by atoms with Gasteiger partial charge >= 0.3 is 5.97 Å². The molecular weight excluding hydrogens is 421 g/mol. The van der Waals surface area contributed by atoms with Gasteiger partial charge < -0.3 is 14.3 Å². The predicted octanol–water partition coefficient (Wildman–Crippen LogP) is 5.06. The Morgan fingerprint density at radius 3 is 2.97 bits per heavy atom. The van der Waals surface area contributed by atoms with Crippen LogP contribution in [0, 0.1) is 11.2 Å². The number of carbonyl (C=O) groups excluding carboxylic acids is 1. The third-order valence-corrected chi connectivity index (χ3v) is 6.71. The van der Waals surface area contributed by atoms with Gasteiger partial charge in [-0.3, -0.25) is 4.79 Å². The van der Waals surface area contributed by atoms with Gasteiger partial charge in [0, 0.05) is 29.5 Å². The summed E-state index contributed by atoms with van der Waals surface area (Å²) in [4.78, 5) is 29.1. The zero-order valence-corrected chi connectivity index (χ0v) is 17.9. The van der Waals surface area contributed by atoms with E-state index in [4.69, 9.17) is 21.3 Å². The summed E-state index contributed by atoms with van der Waals surface area (Å²) < 4.78 is 20.9. The summed E-state index contributed by atoms with van der Waals surface area (Å²) in [5, 5.41) is 1.82. The van der Waals surface area contributed by atoms with Crippen molar-refractivity contribution in [3.63, 3.8) is 0 Å². The van der Waals surface area contributed by atoms with Crippen LogP contribution < -0.4 is 0 Å². The van der Waals surface area contributed by atoms with Crippen molar-refractivity contribution in [3.8, 4) is 11.4 Å². The lowest BCUT2D eigenvalue weighted by molar-refractivity contribution is -0.156. The van der Waals surface area contributed by atoms with Crippen LogP contribution in [-0.2, 0) is 9.53 Å². The highest BCUT2D eigenvalue weighted by Crippen LogP contribution is 2.47. The van der Waals surface area contributed by atoms with E-state index in [1.165, 1.54) is 13.2 Å². The minimum absolute atomic E-state index is 0.145. The monoisotopic (exact) mass is 441 g/mol. The van der Waals surface area contributed by atoms with Crippen LogP contribution in [0.5, 0.6) is 0 Å². The number of pyridine rings is 1. The summed E-state index contributed by atoms with van der Waals surface area (Å²) in [6.07, 6.45) is 9.86. The van der Waals surface area contributed by atoms with E-state index in [1.54, 1.807) is 12.4 Å². The van der Waals surface area contributed by atoms with Crippen LogP contribution in [0.4, 0.5) is 4.39 Å². The van der Waals surface area contributed by atoms with E-state index in [2.05, 4.69) is 15.0 Å². The van der Waals surface area contributed by atoms with Crippen LogP contribution >= 0.6 is 11.6 Å². The minimum Gasteiger partial charge on any atom is -0.469 e. The quantitative estimate of drug-likeness (QED) is 0.449. The van der Waals surface area contributed by atoms with Gasteiger partial charge in [0.15, 0.2) is 5.82 Å². The van der Waals surface area contributed by atoms with Crippen molar-refractivity contribution in [2.45, 2.75) is 38.6 Å². The number of fused-ring (bicyclic) bond motifs is 2. The molecule has 160 valence electrons. The molecular formula is C22H21ClFN5O2. The van der Waals surface area contributed by atoms with Crippen molar-refractivity contribution in [1.29, 1.82) is 0 Å². The first-order valence-corrected chi connectivity index (χ1v) is 10.5. The van der Waals surface area contributed by atoms with E-state index in [9.17, 15) is 9.18 Å². The van der Waals surface area contributed by atoms with Crippen molar-refractivity contribution in [1.82, 2.24) is 24.5 Å². The van der Waals surface area contributed by atoms with Crippen LogP contribution in [0.15, 0.2) is 30.9 Å². The molecule has 4 aromatic heterocycles.